The number of esters is 1. The predicted molar refractivity (Wildman–Crippen MR) is 107 cm³/mol. The van der Waals surface area contributed by atoms with Crippen LogP contribution >= 0.6 is 0 Å². The number of carbonyl (C=O) groups excluding carboxylic acids is 1. The van der Waals surface area contributed by atoms with E-state index in [1.807, 2.05) is 27.2 Å². The molecule has 0 spiro atoms. The number of aliphatic hydroxyl groups excluding tert-OH is 1. The molecule has 0 aromatic rings. The third-order valence-corrected chi connectivity index (χ3v) is 4.22. The minimum absolute atomic E-state index is 0.172. The number of unbranched alkanes of at least 4 members (excludes halogenated alkanes) is 9. The van der Waals surface area contributed by atoms with E-state index in [1.165, 1.54) is 38.2 Å². The molecule has 0 aromatic carbocycles. The minimum Gasteiger partial charge on any atom is -0.481 e. The molecule has 27 heavy (non-hydrogen) atoms. The summed E-state index contributed by atoms with van der Waals surface area (Å²) in [7, 11) is 5.81. The number of carbonyl (C=O) groups is 2. The number of hydrogen-bond acceptors (Lipinski definition) is 4. The monoisotopic (exact) mass is 386 g/mol. The number of hydrogen-bond donors (Lipinski definition) is 2. The summed E-state index contributed by atoms with van der Waals surface area (Å²) in [5, 5.41) is 17.7. The van der Waals surface area contributed by atoms with Gasteiger partial charge < -0.3 is 19.4 Å². The van der Waals surface area contributed by atoms with Crippen LogP contribution in [0.4, 0.5) is 0 Å². The van der Waals surface area contributed by atoms with Crippen molar-refractivity contribution in [1.29, 1.82) is 0 Å². The molecule has 0 bridgehead atoms. The second-order valence-electron chi connectivity index (χ2n) is 8.23. The van der Waals surface area contributed by atoms with Crippen LogP contribution < -0.4 is 0 Å². The quantitative estimate of drug-likeness (QED) is 0.173. The lowest BCUT2D eigenvalue weighted by Crippen LogP contribution is -2.43. The van der Waals surface area contributed by atoms with E-state index >= 15 is 0 Å². The van der Waals surface area contributed by atoms with Crippen LogP contribution in [0, 0.1) is 0 Å². The van der Waals surface area contributed by atoms with Crippen molar-refractivity contribution < 1.29 is 29.0 Å². The molecule has 0 aromatic heterocycles. The number of aliphatic hydroxyl groups is 1. The predicted octanol–water partition coefficient (Wildman–Crippen LogP) is 3.53. The van der Waals surface area contributed by atoms with Crippen LogP contribution in [0.5, 0.6) is 0 Å². The fourth-order valence-electron chi connectivity index (χ4n) is 2.94. The van der Waals surface area contributed by atoms with E-state index in [9.17, 15) is 9.59 Å². The molecule has 6 nitrogen and oxygen atoms in total. The number of nitrogens with zero attached hydrogens (tertiary/aromatic N) is 1. The lowest BCUT2D eigenvalue weighted by Gasteiger charge is -2.28. The Kier molecular flexibility index (Phi) is 14.8. The smallest absolute Gasteiger partial charge is 0.330 e. The van der Waals surface area contributed by atoms with Crippen molar-refractivity contribution in [1.82, 2.24) is 0 Å². The van der Waals surface area contributed by atoms with E-state index in [0.717, 1.165) is 32.1 Å². The molecule has 0 saturated carbocycles. The third-order valence-electron chi connectivity index (χ3n) is 4.22. The Bertz CT molecular complexity index is 429. The molecular formula is C21H40NO5+. The van der Waals surface area contributed by atoms with Crippen molar-refractivity contribution >= 4 is 11.9 Å². The first kappa shape index (κ1) is 25.6. The van der Waals surface area contributed by atoms with E-state index < -0.39 is 18.0 Å². The maximum absolute atomic E-state index is 11.9. The number of allylic oxidation sites excluding steroid dienone is 1. The highest BCUT2D eigenvalue weighted by molar-refractivity contribution is 5.82. The van der Waals surface area contributed by atoms with Gasteiger partial charge in [-0.15, -0.1) is 0 Å². The number of aliphatic carboxylic acids is 1. The molecule has 0 aliphatic rings. The molecule has 6 heteroatoms. The van der Waals surface area contributed by atoms with Gasteiger partial charge in [0.05, 0.1) is 27.6 Å². The fraction of sp³-hybridized carbons (Fsp3) is 0.810. The molecule has 0 heterocycles. The molecule has 0 radical (unpaired) electrons. The first-order valence-electron chi connectivity index (χ1n) is 10.2. The van der Waals surface area contributed by atoms with Crippen molar-refractivity contribution in [3.8, 4) is 0 Å². The lowest BCUT2D eigenvalue weighted by atomic mass is 10.1. The molecule has 0 amide bonds. The van der Waals surface area contributed by atoms with Crippen molar-refractivity contribution in [2.45, 2.75) is 76.7 Å². The number of ether oxygens (including phenoxy) is 1. The summed E-state index contributed by atoms with van der Waals surface area (Å²) < 4.78 is 5.84. The Balaban J connectivity index is 3.82. The van der Waals surface area contributed by atoms with Crippen LogP contribution in [0.15, 0.2) is 12.2 Å². The van der Waals surface area contributed by atoms with Crippen LogP contribution in [0.1, 0.15) is 70.6 Å². The fourth-order valence-corrected chi connectivity index (χ4v) is 2.94. The number of rotatable bonds is 17. The first-order valence-corrected chi connectivity index (χ1v) is 10.2. The maximum atomic E-state index is 11.9. The molecular weight excluding hydrogens is 346 g/mol. The van der Waals surface area contributed by atoms with E-state index in [1.54, 1.807) is 0 Å². The molecule has 0 saturated heterocycles. The van der Waals surface area contributed by atoms with Gasteiger partial charge in [0.25, 0.3) is 0 Å². The van der Waals surface area contributed by atoms with Gasteiger partial charge in [-0.2, -0.15) is 0 Å². The van der Waals surface area contributed by atoms with Crippen molar-refractivity contribution in [2.75, 3.05) is 34.3 Å². The summed E-state index contributed by atoms with van der Waals surface area (Å²) in [4.78, 5) is 22.8. The minimum atomic E-state index is -0.960. The number of carboxylic acids is 1. The van der Waals surface area contributed by atoms with Gasteiger partial charge in [0.1, 0.15) is 6.54 Å². The van der Waals surface area contributed by atoms with Gasteiger partial charge in [-0.05, 0) is 19.3 Å². The Morgan fingerprint density at radius 1 is 0.926 bits per heavy atom. The molecule has 0 rings (SSSR count). The summed E-state index contributed by atoms with van der Waals surface area (Å²) in [5.74, 6) is -1.42. The first-order chi connectivity index (χ1) is 12.7. The molecule has 2 N–H and O–H groups in total. The zero-order chi connectivity index (χ0) is 20.5. The van der Waals surface area contributed by atoms with E-state index in [0.29, 0.717) is 17.6 Å². The standard InChI is InChI=1S/C21H39NO5/c1-22(2,3)18-19(17-20(24)25)27-21(26)15-13-11-9-7-5-4-6-8-10-12-14-16-23/h13,15,19,23H,4-12,14,16-18H2,1-3H3/p+1. The maximum Gasteiger partial charge on any atom is 0.330 e. The Morgan fingerprint density at radius 3 is 1.93 bits per heavy atom. The number of quaternary nitrogens is 1. The second kappa shape index (κ2) is 15.6. The zero-order valence-corrected chi connectivity index (χ0v) is 17.5. The lowest BCUT2D eigenvalue weighted by molar-refractivity contribution is -0.873. The zero-order valence-electron chi connectivity index (χ0n) is 17.5. The number of carboxylic acid groups (broad SMARTS) is 1. The average molecular weight is 387 g/mol. The molecule has 1 unspecified atom stereocenters. The molecule has 0 aliphatic heterocycles. The van der Waals surface area contributed by atoms with Gasteiger partial charge in [-0.25, -0.2) is 4.79 Å². The molecule has 158 valence electrons. The Morgan fingerprint density at radius 2 is 1.44 bits per heavy atom. The van der Waals surface area contributed by atoms with Crippen molar-refractivity contribution in [2.24, 2.45) is 0 Å². The van der Waals surface area contributed by atoms with E-state index in [2.05, 4.69) is 0 Å². The Hall–Kier alpha value is -1.40. The molecule has 1 atom stereocenters. The highest BCUT2D eigenvalue weighted by Crippen LogP contribution is 2.11. The summed E-state index contributed by atoms with van der Waals surface area (Å²) >= 11 is 0. The van der Waals surface area contributed by atoms with Gasteiger partial charge in [0.15, 0.2) is 6.10 Å². The van der Waals surface area contributed by atoms with Crippen molar-refractivity contribution in [3.63, 3.8) is 0 Å². The van der Waals surface area contributed by atoms with Gasteiger partial charge >= 0.3 is 11.9 Å². The van der Waals surface area contributed by atoms with Crippen LogP contribution in [-0.2, 0) is 14.3 Å². The average Bonchev–Trinajstić information content (AvgIpc) is 2.53. The molecule has 0 aliphatic carbocycles. The topological polar surface area (TPSA) is 83.8 Å². The largest absolute Gasteiger partial charge is 0.481 e. The molecule has 0 fully saturated rings. The summed E-state index contributed by atoms with van der Waals surface area (Å²) in [6, 6.07) is 0. The second-order valence-corrected chi connectivity index (χ2v) is 8.23. The van der Waals surface area contributed by atoms with E-state index in [4.69, 9.17) is 14.9 Å². The van der Waals surface area contributed by atoms with Gasteiger partial charge in [0, 0.05) is 12.7 Å². The Labute approximate surface area is 164 Å². The van der Waals surface area contributed by atoms with Gasteiger partial charge in [0.2, 0.25) is 0 Å². The van der Waals surface area contributed by atoms with Crippen LogP contribution in [-0.4, -0.2) is 67.0 Å². The van der Waals surface area contributed by atoms with E-state index in [-0.39, 0.29) is 6.42 Å². The summed E-state index contributed by atoms with van der Waals surface area (Å²) in [6.45, 7) is 0.767. The van der Waals surface area contributed by atoms with Gasteiger partial charge in [-0.1, -0.05) is 51.0 Å². The summed E-state index contributed by atoms with van der Waals surface area (Å²) in [6.07, 6.45) is 13.7. The van der Waals surface area contributed by atoms with Crippen LogP contribution in [0.3, 0.4) is 0 Å². The highest BCUT2D eigenvalue weighted by atomic mass is 16.5. The van der Waals surface area contributed by atoms with Crippen LogP contribution in [0.2, 0.25) is 0 Å². The van der Waals surface area contributed by atoms with Crippen LogP contribution in [0.25, 0.3) is 0 Å². The number of likely N-dealkylation sites (N-methyl/N-ethyl adjacent to an activating group) is 1. The summed E-state index contributed by atoms with van der Waals surface area (Å²) in [5.41, 5.74) is 0. The van der Waals surface area contributed by atoms with Crippen molar-refractivity contribution in [3.05, 3.63) is 12.2 Å². The van der Waals surface area contributed by atoms with Gasteiger partial charge in [-0.3, -0.25) is 4.79 Å². The highest BCUT2D eigenvalue weighted by Gasteiger charge is 2.23. The third kappa shape index (κ3) is 19.2. The normalized spacial score (nSPS) is 13.0. The SMILES string of the molecule is C[N+](C)(C)CC(CC(=O)O)OC(=O)C=CCCCCCCCCCCCO.